The molecule has 24 heavy (non-hydrogen) atoms. The molecular weight excluding hydrogens is 372 g/mol. The number of aromatic nitrogens is 1. The van der Waals surface area contributed by atoms with E-state index in [1.807, 2.05) is 38.1 Å². The normalized spacial score (nSPS) is 16.7. The number of halogens is 1. The zero-order chi connectivity index (χ0) is 17.2. The molecule has 5 nitrogen and oxygen atoms in total. The molecule has 1 saturated heterocycles. The monoisotopic (exact) mass is 390 g/mol. The first-order valence-electron chi connectivity index (χ1n) is 7.76. The summed E-state index contributed by atoms with van der Waals surface area (Å²) in [5.41, 5.74) is 0.112. The van der Waals surface area contributed by atoms with Gasteiger partial charge in [-0.1, -0.05) is 15.9 Å². The van der Waals surface area contributed by atoms with Crippen LogP contribution in [-0.2, 0) is 4.74 Å². The summed E-state index contributed by atoms with van der Waals surface area (Å²) in [6.07, 6.45) is 1.62. The van der Waals surface area contributed by atoms with E-state index in [2.05, 4.69) is 20.9 Å². The van der Waals surface area contributed by atoms with Gasteiger partial charge in [-0.25, -0.2) is 4.98 Å². The van der Waals surface area contributed by atoms with Crippen molar-refractivity contribution in [2.24, 2.45) is 0 Å². The van der Waals surface area contributed by atoms with E-state index in [0.29, 0.717) is 36.9 Å². The highest BCUT2D eigenvalue weighted by Gasteiger charge is 2.31. The molecule has 0 N–H and O–H groups in total. The van der Waals surface area contributed by atoms with Crippen molar-refractivity contribution in [2.45, 2.75) is 19.4 Å². The minimum atomic E-state index is -0.344. The third-order valence-corrected chi connectivity index (χ3v) is 4.27. The maximum atomic E-state index is 12.9. The molecule has 0 spiro atoms. The predicted octanol–water partition coefficient (Wildman–Crippen LogP) is 3.89. The van der Waals surface area contributed by atoms with Gasteiger partial charge in [0.05, 0.1) is 12.2 Å². The van der Waals surface area contributed by atoms with Crippen LogP contribution in [0.3, 0.4) is 0 Å². The number of hydrogen-bond donors (Lipinski definition) is 0. The van der Waals surface area contributed by atoms with E-state index in [-0.39, 0.29) is 11.5 Å². The fourth-order valence-corrected chi connectivity index (χ4v) is 2.87. The summed E-state index contributed by atoms with van der Waals surface area (Å²) >= 11 is 3.39. The van der Waals surface area contributed by atoms with Crippen LogP contribution >= 0.6 is 15.9 Å². The van der Waals surface area contributed by atoms with Crippen LogP contribution in [0.5, 0.6) is 11.6 Å². The maximum Gasteiger partial charge on any atom is 0.259 e. The zero-order valence-corrected chi connectivity index (χ0v) is 15.2. The standard InChI is InChI=1S/C18H19BrN2O3/c1-18(2)12-21(10-11-23-18)17(22)15-4-3-9-20-16(15)24-14-7-5-13(19)6-8-14/h3-9H,10-12H2,1-2H3. The average Bonchev–Trinajstić information content (AvgIpc) is 2.56. The number of morpholine rings is 1. The van der Waals surface area contributed by atoms with Gasteiger partial charge in [-0.2, -0.15) is 0 Å². The van der Waals surface area contributed by atoms with Crippen LogP contribution in [0.2, 0.25) is 0 Å². The van der Waals surface area contributed by atoms with Crippen molar-refractivity contribution < 1.29 is 14.3 Å². The molecule has 1 amide bonds. The van der Waals surface area contributed by atoms with Gasteiger partial charge in [-0.15, -0.1) is 0 Å². The molecule has 6 heteroatoms. The van der Waals surface area contributed by atoms with Crippen LogP contribution in [0.4, 0.5) is 0 Å². The molecule has 0 atom stereocenters. The second-order valence-electron chi connectivity index (χ2n) is 6.25. The zero-order valence-electron chi connectivity index (χ0n) is 13.7. The van der Waals surface area contributed by atoms with E-state index in [1.54, 1.807) is 23.2 Å². The molecule has 1 fully saturated rings. The van der Waals surface area contributed by atoms with E-state index < -0.39 is 0 Å². The SMILES string of the molecule is CC1(C)CN(C(=O)c2cccnc2Oc2ccc(Br)cc2)CCO1. The van der Waals surface area contributed by atoms with Gasteiger partial charge in [0.1, 0.15) is 11.3 Å². The van der Waals surface area contributed by atoms with Crippen molar-refractivity contribution >= 4 is 21.8 Å². The number of nitrogens with zero attached hydrogens (tertiary/aromatic N) is 2. The highest BCUT2D eigenvalue weighted by atomic mass is 79.9. The van der Waals surface area contributed by atoms with Crippen molar-refractivity contribution in [1.29, 1.82) is 0 Å². The summed E-state index contributed by atoms with van der Waals surface area (Å²) in [6, 6.07) is 10.9. The van der Waals surface area contributed by atoms with E-state index in [9.17, 15) is 4.79 Å². The third-order valence-electron chi connectivity index (χ3n) is 3.74. The molecule has 0 bridgehead atoms. The Hall–Kier alpha value is -1.92. The first kappa shape index (κ1) is 16.9. The van der Waals surface area contributed by atoms with Gasteiger partial charge < -0.3 is 14.4 Å². The summed E-state index contributed by atoms with van der Waals surface area (Å²) in [5.74, 6) is 0.856. The number of rotatable bonds is 3. The van der Waals surface area contributed by atoms with Crippen molar-refractivity contribution in [3.8, 4) is 11.6 Å². The first-order valence-corrected chi connectivity index (χ1v) is 8.56. The molecular formula is C18H19BrN2O3. The number of carbonyl (C=O) groups excluding carboxylic acids is 1. The fraction of sp³-hybridized carbons (Fsp3) is 0.333. The number of hydrogen-bond acceptors (Lipinski definition) is 4. The quantitative estimate of drug-likeness (QED) is 0.797. The van der Waals surface area contributed by atoms with E-state index in [4.69, 9.17) is 9.47 Å². The lowest BCUT2D eigenvalue weighted by atomic mass is 10.1. The minimum Gasteiger partial charge on any atom is -0.438 e. The maximum absolute atomic E-state index is 12.9. The molecule has 1 aromatic carbocycles. The van der Waals surface area contributed by atoms with E-state index in [1.165, 1.54) is 0 Å². The lowest BCUT2D eigenvalue weighted by Crippen LogP contribution is -2.50. The van der Waals surface area contributed by atoms with Crippen LogP contribution in [-0.4, -0.2) is 41.1 Å². The van der Waals surface area contributed by atoms with E-state index >= 15 is 0 Å². The fourth-order valence-electron chi connectivity index (χ4n) is 2.61. The summed E-state index contributed by atoms with van der Waals surface area (Å²) in [5, 5.41) is 0. The Morgan fingerprint density at radius 2 is 2.04 bits per heavy atom. The molecule has 0 aliphatic carbocycles. The van der Waals surface area contributed by atoms with Gasteiger partial charge in [-0.3, -0.25) is 4.79 Å². The largest absolute Gasteiger partial charge is 0.438 e. The molecule has 1 aliphatic rings. The Balaban J connectivity index is 1.83. The molecule has 126 valence electrons. The molecule has 0 saturated carbocycles. The Morgan fingerprint density at radius 3 is 2.75 bits per heavy atom. The molecule has 2 heterocycles. The molecule has 1 aliphatic heterocycles. The minimum absolute atomic E-state index is 0.0911. The Bertz CT molecular complexity index is 731. The molecule has 1 aromatic heterocycles. The number of carbonyl (C=O) groups is 1. The highest BCUT2D eigenvalue weighted by Crippen LogP contribution is 2.26. The van der Waals surface area contributed by atoms with Gasteiger partial charge in [0, 0.05) is 23.8 Å². The Labute approximate surface area is 149 Å². The van der Waals surface area contributed by atoms with Crippen LogP contribution in [0, 0.1) is 0 Å². The first-order chi connectivity index (χ1) is 11.4. The topological polar surface area (TPSA) is 51.7 Å². The van der Waals surface area contributed by atoms with Crippen molar-refractivity contribution in [1.82, 2.24) is 9.88 Å². The third kappa shape index (κ3) is 3.94. The lowest BCUT2D eigenvalue weighted by molar-refractivity contribution is -0.0764. The van der Waals surface area contributed by atoms with Crippen molar-refractivity contribution in [2.75, 3.05) is 19.7 Å². The number of amides is 1. The Morgan fingerprint density at radius 1 is 1.29 bits per heavy atom. The summed E-state index contributed by atoms with van der Waals surface area (Å²) in [6.45, 7) is 5.60. The highest BCUT2D eigenvalue weighted by molar-refractivity contribution is 9.10. The van der Waals surface area contributed by atoms with E-state index in [0.717, 1.165) is 4.47 Å². The molecule has 0 unspecified atom stereocenters. The number of benzene rings is 1. The lowest BCUT2D eigenvalue weighted by Gasteiger charge is -2.38. The molecule has 0 radical (unpaired) electrons. The van der Waals surface area contributed by atoms with Gasteiger partial charge in [-0.05, 0) is 50.2 Å². The Kier molecular flexibility index (Phi) is 4.87. The number of pyridine rings is 1. The summed E-state index contributed by atoms with van der Waals surface area (Å²) in [7, 11) is 0. The van der Waals surface area contributed by atoms with Crippen LogP contribution < -0.4 is 4.74 Å². The predicted molar refractivity (Wildman–Crippen MR) is 94.4 cm³/mol. The van der Waals surface area contributed by atoms with Gasteiger partial charge in [0.2, 0.25) is 5.88 Å². The number of ether oxygens (including phenoxy) is 2. The van der Waals surface area contributed by atoms with Crippen molar-refractivity contribution in [3.63, 3.8) is 0 Å². The second kappa shape index (κ2) is 6.91. The molecule has 3 rings (SSSR count). The van der Waals surface area contributed by atoms with Gasteiger partial charge >= 0.3 is 0 Å². The van der Waals surface area contributed by atoms with Crippen LogP contribution in [0.15, 0.2) is 47.1 Å². The smallest absolute Gasteiger partial charge is 0.259 e. The summed E-state index contributed by atoms with van der Waals surface area (Å²) in [4.78, 5) is 18.9. The van der Waals surface area contributed by atoms with Gasteiger partial charge in [0.15, 0.2) is 0 Å². The van der Waals surface area contributed by atoms with Gasteiger partial charge in [0.25, 0.3) is 5.91 Å². The van der Waals surface area contributed by atoms with Crippen molar-refractivity contribution in [3.05, 3.63) is 52.6 Å². The summed E-state index contributed by atoms with van der Waals surface area (Å²) < 4.78 is 12.5. The van der Waals surface area contributed by atoms with Crippen LogP contribution in [0.1, 0.15) is 24.2 Å². The second-order valence-corrected chi connectivity index (χ2v) is 7.16. The van der Waals surface area contributed by atoms with Crippen LogP contribution in [0.25, 0.3) is 0 Å². The molecule has 2 aromatic rings. The average molecular weight is 391 g/mol.